The van der Waals surface area contributed by atoms with E-state index in [2.05, 4.69) is 43.8 Å². The number of carboxylic acid groups (broad SMARTS) is 2. The van der Waals surface area contributed by atoms with Crippen molar-refractivity contribution >= 4 is 37.5 Å². The van der Waals surface area contributed by atoms with E-state index in [4.69, 9.17) is 18.6 Å². The van der Waals surface area contributed by atoms with Gasteiger partial charge in [-0.2, -0.15) is 4.98 Å². The average Bonchev–Trinajstić information content (AvgIpc) is 3.36. The molecule has 0 bridgehead atoms. The third kappa shape index (κ3) is 4.61. The van der Waals surface area contributed by atoms with E-state index >= 15 is 0 Å². The van der Waals surface area contributed by atoms with Gasteiger partial charge in [-0.3, -0.25) is 0 Å². The molecule has 4 atom stereocenters. The van der Waals surface area contributed by atoms with Crippen LogP contribution in [0.2, 0.25) is 18.1 Å². The number of fused-ring (bicyclic) bond motifs is 2. The Labute approximate surface area is 210 Å². The number of imide groups is 1. The van der Waals surface area contributed by atoms with Gasteiger partial charge in [-0.15, -0.1) is 4.90 Å². The van der Waals surface area contributed by atoms with Gasteiger partial charge in [-0.25, -0.2) is 14.6 Å². The molecule has 4 heterocycles. The van der Waals surface area contributed by atoms with E-state index in [0.717, 1.165) is 0 Å². The molecule has 2 N–H and O–H groups in total. The Morgan fingerprint density at radius 2 is 1.78 bits per heavy atom. The third-order valence-electron chi connectivity index (χ3n) is 7.15. The molecule has 13 heteroatoms. The molecule has 2 aromatic heterocycles. The highest BCUT2D eigenvalue weighted by Gasteiger charge is 2.56. The van der Waals surface area contributed by atoms with Crippen molar-refractivity contribution < 1.29 is 38.4 Å². The molecule has 0 unspecified atom stereocenters. The van der Waals surface area contributed by atoms with Crippen LogP contribution in [-0.2, 0) is 18.6 Å². The van der Waals surface area contributed by atoms with Crippen molar-refractivity contribution in [2.45, 2.75) is 90.0 Å². The zero-order valence-electron chi connectivity index (χ0n) is 21.8. The molecule has 2 aliphatic heterocycles. The molecular weight excluding hydrogens is 488 g/mol. The van der Waals surface area contributed by atoms with Crippen LogP contribution in [0.3, 0.4) is 0 Å². The Bertz CT molecular complexity index is 1180. The molecule has 0 radical (unpaired) electrons. The van der Waals surface area contributed by atoms with E-state index in [1.807, 2.05) is 13.8 Å². The highest BCUT2D eigenvalue weighted by Crippen LogP contribution is 2.45. The Morgan fingerprint density at radius 3 is 2.36 bits per heavy atom. The highest BCUT2D eigenvalue weighted by molar-refractivity contribution is 6.74. The second-order valence-electron chi connectivity index (χ2n) is 11.2. The Morgan fingerprint density at radius 1 is 1.17 bits per heavy atom. The van der Waals surface area contributed by atoms with E-state index in [1.165, 1.54) is 0 Å². The molecular formula is C23H34N4O8Si. The van der Waals surface area contributed by atoms with Crippen LogP contribution in [0.1, 0.15) is 46.5 Å². The number of ether oxygens (including phenoxy) is 3. The summed E-state index contributed by atoms with van der Waals surface area (Å²) < 4.78 is 27.0. The largest absolute Gasteiger partial charge is 0.464 e. The van der Waals surface area contributed by atoms with Gasteiger partial charge >= 0.3 is 12.2 Å². The van der Waals surface area contributed by atoms with E-state index in [-0.39, 0.29) is 9.94 Å². The molecule has 2 amide bonds. The van der Waals surface area contributed by atoms with Crippen LogP contribution in [0, 0.1) is 6.92 Å². The first kappa shape index (κ1) is 26.5. The minimum Gasteiger partial charge on any atom is -0.464 e. The fourth-order valence-corrected chi connectivity index (χ4v) is 5.27. The van der Waals surface area contributed by atoms with E-state index in [9.17, 15) is 19.8 Å². The van der Waals surface area contributed by atoms with Crippen molar-refractivity contribution in [2.24, 2.45) is 0 Å². The number of hydrogen-bond donors (Lipinski definition) is 2. The quantitative estimate of drug-likeness (QED) is 0.544. The van der Waals surface area contributed by atoms with Gasteiger partial charge in [0.25, 0.3) is 0 Å². The van der Waals surface area contributed by atoms with Crippen molar-refractivity contribution in [3.8, 4) is 0 Å². The lowest BCUT2D eigenvalue weighted by Gasteiger charge is -2.37. The summed E-state index contributed by atoms with van der Waals surface area (Å²) in [6.45, 7) is 16.5. The summed E-state index contributed by atoms with van der Waals surface area (Å²) in [6, 6.07) is 1.78. The number of hydrogen-bond acceptors (Lipinski definition) is 8. The maximum absolute atomic E-state index is 11.5. The van der Waals surface area contributed by atoms with Crippen molar-refractivity contribution in [1.29, 1.82) is 0 Å². The molecule has 2 fully saturated rings. The number of anilines is 1. The lowest BCUT2D eigenvalue weighted by molar-refractivity contribution is -0.199. The molecule has 0 spiro atoms. The molecule has 0 aromatic carbocycles. The summed E-state index contributed by atoms with van der Waals surface area (Å²) in [5.41, 5.74) is 0.755. The van der Waals surface area contributed by atoms with Crippen LogP contribution in [0.15, 0.2) is 12.3 Å². The van der Waals surface area contributed by atoms with Gasteiger partial charge in [0, 0.05) is 11.6 Å². The van der Waals surface area contributed by atoms with Crippen LogP contribution >= 0.6 is 0 Å². The van der Waals surface area contributed by atoms with Gasteiger partial charge in [0.2, 0.25) is 5.95 Å². The fraction of sp³-hybridized carbons (Fsp3) is 0.652. The summed E-state index contributed by atoms with van der Waals surface area (Å²) in [6.07, 6.45) is -3.61. The molecule has 2 aromatic rings. The first-order valence-corrected chi connectivity index (χ1v) is 14.7. The molecule has 12 nitrogen and oxygen atoms in total. The first-order valence-electron chi connectivity index (χ1n) is 11.8. The standard InChI is InChI=1S/C23H34N4O8Si/c1-12-13-9-10-26(17(13)25-19(24-12)27(20(28)29)21(30)31)18-16-15(34-23(5,6)35-16)14(33-18)11-32-36(7,8)22(2,3)4/h9-10,14-16,18H,11H2,1-8H3,(H,28,29)(H,30,31)/t14-,15-,16-,18-/m1/s1. The number of amides is 2. The molecule has 0 aliphatic carbocycles. The molecule has 198 valence electrons. The van der Waals surface area contributed by atoms with E-state index in [1.54, 1.807) is 23.8 Å². The van der Waals surface area contributed by atoms with Crippen LogP contribution < -0.4 is 4.90 Å². The van der Waals surface area contributed by atoms with Gasteiger partial charge in [0.15, 0.2) is 20.3 Å². The fourth-order valence-electron chi connectivity index (χ4n) is 4.25. The molecule has 4 rings (SSSR count). The number of aromatic nitrogens is 3. The topological polar surface area (TPSA) is 145 Å². The van der Waals surface area contributed by atoms with E-state index in [0.29, 0.717) is 23.3 Å². The van der Waals surface area contributed by atoms with Gasteiger partial charge in [-0.05, 0) is 45.0 Å². The predicted molar refractivity (Wildman–Crippen MR) is 132 cm³/mol. The summed E-state index contributed by atoms with van der Waals surface area (Å²) in [5.74, 6) is -1.30. The Hall–Kier alpha value is -2.58. The van der Waals surface area contributed by atoms with Crippen LogP contribution in [0.4, 0.5) is 15.5 Å². The zero-order chi connectivity index (χ0) is 26.8. The lowest BCUT2D eigenvalue weighted by atomic mass is 10.1. The summed E-state index contributed by atoms with van der Waals surface area (Å²) in [7, 11) is -2.05. The minimum absolute atomic E-state index is 0.0261. The number of rotatable bonds is 5. The molecule has 2 aliphatic rings. The Balaban J connectivity index is 1.71. The van der Waals surface area contributed by atoms with Gasteiger partial charge in [0.1, 0.15) is 24.0 Å². The number of nitrogens with zero attached hydrogens (tertiary/aromatic N) is 4. The normalized spacial score (nSPS) is 25.8. The van der Waals surface area contributed by atoms with Gasteiger partial charge in [0.05, 0.1) is 12.3 Å². The third-order valence-corrected chi connectivity index (χ3v) is 11.6. The lowest BCUT2D eigenvalue weighted by Crippen LogP contribution is -2.44. The second-order valence-corrected chi connectivity index (χ2v) is 16.0. The van der Waals surface area contributed by atoms with Crippen LogP contribution in [0.5, 0.6) is 0 Å². The van der Waals surface area contributed by atoms with Gasteiger partial charge < -0.3 is 33.4 Å². The van der Waals surface area contributed by atoms with Crippen molar-refractivity contribution in [3.05, 3.63) is 18.0 Å². The van der Waals surface area contributed by atoms with Crippen molar-refractivity contribution in [1.82, 2.24) is 14.5 Å². The summed E-state index contributed by atoms with van der Waals surface area (Å²) in [5, 5.41) is 19.4. The predicted octanol–water partition coefficient (Wildman–Crippen LogP) is 4.34. The smallest absolute Gasteiger partial charge is 0.424 e. The Kier molecular flexibility index (Phi) is 6.45. The molecule has 36 heavy (non-hydrogen) atoms. The first-order chi connectivity index (χ1) is 16.5. The highest BCUT2D eigenvalue weighted by atomic mass is 28.4. The van der Waals surface area contributed by atoms with Crippen molar-refractivity contribution in [2.75, 3.05) is 11.5 Å². The molecule has 0 saturated carbocycles. The van der Waals surface area contributed by atoms with Gasteiger partial charge in [-0.1, -0.05) is 20.8 Å². The summed E-state index contributed by atoms with van der Waals surface area (Å²) >= 11 is 0. The van der Waals surface area contributed by atoms with E-state index < -0.39 is 56.8 Å². The summed E-state index contributed by atoms with van der Waals surface area (Å²) in [4.78, 5) is 31.6. The second kappa shape index (κ2) is 8.77. The minimum atomic E-state index is -2.05. The maximum Gasteiger partial charge on any atom is 0.424 e. The van der Waals surface area contributed by atoms with Crippen LogP contribution in [-0.4, -0.2) is 76.0 Å². The maximum atomic E-state index is 11.5. The zero-order valence-corrected chi connectivity index (χ0v) is 22.8. The SMILES string of the molecule is Cc1nc(N(C(=O)O)C(=O)O)nc2c1ccn2[C@@H]1O[C@H](CO[Si](C)(C)C(C)(C)C)[C@H]2OC(C)(C)O[C@H]21. The number of aryl methyl sites for hydroxylation is 1. The average molecular weight is 523 g/mol. The van der Waals surface area contributed by atoms with Crippen molar-refractivity contribution in [3.63, 3.8) is 0 Å². The monoisotopic (exact) mass is 522 g/mol. The van der Waals surface area contributed by atoms with Crippen LogP contribution in [0.25, 0.3) is 11.0 Å². The molecule has 2 saturated heterocycles. The number of carbonyl (C=O) groups is 2.